The highest BCUT2D eigenvalue weighted by atomic mass is 32.2. The van der Waals surface area contributed by atoms with Gasteiger partial charge in [0.1, 0.15) is 0 Å². The van der Waals surface area contributed by atoms with E-state index >= 15 is 0 Å². The van der Waals surface area contributed by atoms with Crippen LogP contribution in [0.4, 0.5) is 5.69 Å². The molecule has 0 aliphatic carbocycles. The van der Waals surface area contributed by atoms with Gasteiger partial charge in [0.05, 0.1) is 15.5 Å². The maximum Gasteiger partial charge on any atom is 0.279 e. The van der Waals surface area contributed by atoms with Gasteiger partial charge in [0.25, 0.3) is 21.8 Å². The van der Waals surface area contributed by atoms with Crippen LogP contribution in [0.15, 0.2) is 70.9 Å². The first kappa shape index (κ1) is 20.1. The Balaban J connectivity index is 1.48. The SMILES string of the molecule is O=C(NNC(=O)c1cccs1)c1ccc(S(=O)(=O)N2CCCc3ccccc32)cc1. The smallest absolute Gasteiger partial charge is 0.267 e. The van der Waals surface area contributed by atoms with E-state index in [1.165, 1.54) is 39.9 Å². The quantitative estimate of drug-likeness (QED) is 0.609. The fraction of sp³-hybridized carbons (Fsp3) is 0.143. The molecule has 1 aliphatic heterocycles. The largest absolute Gasteiger partial charge is 0.279 e. The van der Waals surface area contributed by atoms with Crippen molar-refractivity contribution in [2.45, 2.75) is 17.7 Å². The minimum absolute atomic E-state index is 0.110. The summed E-state index contributed by atoms with van der Waals surface area (Å²) in [6.07, 6.45) is 1.60. The van der Waals surface area contributed by atoms with Crippen molar-refractivity contribution in [1.82, 2.24) is 10.9 Å². The van der Waals surface area contributed by atoms with E-state index in [9.17, 15) is 18.0 Å². The lowest BCUT2D eigenvalue weighted by Crippen LogP contribution is -2.41. The predicted molar refractivity (Wildman–Crippen MR) is 115 cm³/mol. The molecule has 2 amide bonds. The zero-order valence-electron chi connectivity index (χ0n) is 15.9. The number of hydrazine groups is 1. The number of sulfonamides is 1. The Morgan fingerprint density at radius 2 is 1.63 bits per heavy atom. The van der Waals surface area contributed by atoms with E-state index in [0.29, 0.717) is 17.1 Å². The summed E-state index contributed by atoms with van der Waals surface area (Å²) in [4.78, 5) is 24.7. The van der Waals surface area contributed by atoms with Crippen molar-refractivity contribution in [2.24, 2.45) is 0 Å². The molecule has 2 aromatic carbocycles. The van der Waals surface area contributed by atoms with Gasteiger partial charge in [-0.25, -0.2) is 8.42 Å². The van der Waals surface area contributed by atoms with Crippen molar-refractivity contribution in [3.63, 3.8) is 0 Å². The Hall–Kier alpha value is -3.17. The summed E-state index contributed by atoms with van der Waals surface area (Å²) in [6.45, 7) is 0.413. The third-order valence-corrected chi connectivity index (χ3v) is 7.50. The number of nitrogens with zero attached hydrogens (tertiary/aromatic N) is 1. The molecule has 0 bridgehead atoms. The van der Waals surface area contributed by atoms with Gasteiger partial charge < -0.3 is 0 Å². The number of benzene rings is 2. The molecule has 0 unspecified atom stereocenters. The van der Waals surface area contributed by atoms with Crippen LogP contribution in [0.5, 0.6) is 0 Å². The third kappa shape index (κ3) is 3.94. The van der Waals surface area contributed by atoms with E-state index < -0.39 is 21.8 Å². The lowest BCUT2D eigenvalue weighted by Gasteiger charge is -2.30. The molecular weight excluding hydrogens is 422 g/mol. The van der Waals surface area contributed by atoms with Crippen LogP contribution >= 0.6 is 11.3 Å². The maximum absolute atomic E-state index is 13.1. The summed E-state index contributed by atoms with van der Waals surface area (Å²) in [7, 11) is -3.74. The summed E-state index contributed by atoms with van der Waals surface area (Å²) in [5.74, 6) is -0.950. The van der Waals surface area contributed by atoms with Crippen molar-refractivity contribution >= 4 is 38.9 Å². The maximum atomic E-state index is 13.1. The summed E-state index contributed by atoms with van der Waals surface area (Å²) in [5.41, 5.74) is 6.60. The summed E-state index contributed by atoms with van der Waals surface area (Å²) in [5, 5.41) is 1.76. The molecule has 2 N–H and O–H groups in total. The van der Waals surface area contributed by atoms with Crippen LogP contribution in [0.3, 0.4) is 0 Å². The monoisotopic (exact) mass is 441 g/mol. The predicted octanol–water partition coefficient (Wildman–Crippen LogP) is 2.96. The molecule has 0 spiro atoms. The second kappa shape index (κ2) is 8.29. The highest BCUT2D eigenvalue weighted by Crippen LogP contribution is 2.31. The third-order valence-electron chi connectivity index (χ3n) is 4.81. The van der Waals surface area contributed by atoms with E-state index in [0.717, 1.165) is 18.4 Å². The van der Waals surface area contributed by atoms with Gasteiger partial charge in [-0.05, 0) is 60.2 Å². The molecule has 9 heteroatoms. The number of fused-ring (bicyclic) bond motifs is 1. The number of carbonyl (C=O) groups is 2. The molecule has 7 nitrogen and oxygen atoms in total. The lowest BCUT2D eigenvalue weighted by atomic mass is 10.0. The highest BCUT2D eigenvalue weighted by Gasteiger charge is 2.28. The van der Waals surface area contributed by atoms with Crippen molar-refractivity contribution in [3.8, 4) is 0 Å². The van der Waals surface area contributed by atoms with Crippen LogP contribution in [-0.4, -0.2) is 26.8 Å². The van der Waals surface area contributed by atoms with Gasteiger partial charge in [0, 0.05) is 12.1 Å². The average Bonchev–Trinajstić information content (AvgIpc) is 3.32. The Morgan fingerprint density at radius 1 is 0.900 bits per heavy atom. The molecule has 154 valence electrons. The van der Waals surface area contributed by atoms with Crippen LogP contribution in [0, 0.1) is 0 Å². The highest BCUT2D eigenvalue weighted by molar-refractivity contribution is 7.92. The first-order valence-electron chi connectivity index (χ1n) is 9.32. The van der Waals surface area contributed by atoms with Gasteiger partial charge in [-0.3, -0.25) is 24.7 Å². The van der Waals surface area contributed by atoms with Crippen LogP contribution < -0.4 is 15.2 Å². The Labute approximate surface area is 178 Å². The normalized spacial score (nSPS) is 13.4. The van der Waals surface area contributed by atoms with E-state index in [-0.39, 0.29) is 10.5 Å². The minimum atomic E-state index is -3.74. The Kier molecular flexibility index (Phi) is 5.56. The average molecular weight is 442 g/mol. The number of hydrogen-bond donors (Lipinski definition) is 2. The second-order valence-electron chi connectivity index (χ2n) is 6.72. The number of amides is 2. The van der Waals surface area contributed by atoms with E-state index in [2.05, 4.69) is 10.9 Å². The van der Waals surface area contributed by atoms with Crippen molar-refractivity contribution < 1.29 is 18.0 Å². The van der Waals surface area contributed by atoms with Crippen LogP contribution in [0.2, 0.25) is 0 Å². The molecule has 0 saturated carbocycles. The van der Waals surface area contributed by atoms with Gasteiger partial charge in [-0.15, -0.1) is 11.3 Å². The summed E-state index contributed by atoms with van der Waals surface area (Å²) in [6, 6.07) is 16.5. The molecule has 1 aromatic heterocycles. The number of nitrogens with one attached hydrogen (secondary N) is 2. The number of thiophene rings is 1. The summed E-state index contributed by atoms with van der Waals surface area (Å²) >= 11 is 1.26. The summed E-state index contributed by atoms with van der Waals surface area (Å²) < 4.78 is 27.7. The van der Waals surface area contributed by atoms with E-state index in [1.807, 2.05) is 24.3 Å². The van der Waals surface area contributed by atoms with Crippen LogP contribution in [0.25, 0.3) is 0 Å². The molecule has 2 heterocycles. The zero-order chi connectivity index (χ0) is 21.1. The lowest BCUT2D eigenvalue weighted by molar-refractivity contribution is 0.0849. The standard InChI is InChI=1S/C21H19N3O4S2/c25-20(22-23-21(26)19-8-4-14-29-19)16-9-11-17(12-10-16)30(27,28)24-13-3-6-15-5-1-2-7-18(15)24/h1-2,4-5,7-12,14H,3,6,13H2,(H,22,25)(H,23,26). The molecule has 1 aliphatic rings. The van der Waals surface area contributed by atoms with Crippen LogP contribution in [-0.2, 0) is 16.4 Å². The van der Waals surface area contributed by atoms with Gasteiger partial charge in [-0.1, -0.05) is 24.3 Å². The molecule has 0 fully saturated rings. The second-order valence-corrected chi connectivity index (χ2v) is 9.53. The van der Waals surface area contributed by atoms with E-state index in [1.54, 1.807) is 17.5 Å². The molecule has 30 heavy (non-hydrogen) atoms. The van der Waals surface area contributed by atoms with Gasteiger partial charge in [0.15, 0.2) is 0 Å². The van der Waals surface area contributed by atoms with Crippen LogP contribution in [0.1, 0.15) is 32.0 Å². The van der Waals surface area contributed by atoms with Gasteiger partial charge >= 0.3 is 0 Å². The number of anilines is 1. The number of carbonyl (C=O) groups excluding carboxylic acids is 2. The number of hydrogen-bond acceptors (Lipinski definition) is 5. The molecular formula is C21H19N3O4S2. The molecule has 4 rings (SSSR count). The fourth-order valence-electron chi connectivity index (χ4n) is 3.31. The molecule has 3 aromatic rings. The van der Waals surface area contributed by atoms with Gasteiger partial charge in [0.2, 0.25) is 0 Å². The molecule has 0 saturated heterocycles. The first-order chi connectivity index (χ1) is 14.5. The molecule has 0 atom stereocenters. The van der Waals surface area contributed by atoms with Gasteiger partial charge in [-0.2, -0.15) is 0 Å². The van der Waals surface area contributed by atoms with Crippen molar-refractivity contribution in [1.29, 1.82) is 0 Å². The fourth-order valence-corrected chi connectivity index (χ4v) is 5.47. The minimum Gasteiger partial charge on any atom is -0.267 e. The van der Waals surface area contributed by atoms with E-state index in [4.69, 9.17) is 0 Å². The number of aryl methyl sites for hydroxylation is 1. The number of para-hydroxylation sites is 1. The topological polar surface area (TPSA) is 95.6 Å². The molecule has 0 radical (unpaired) electrons. The number of rotatable bonds is 4. The van der Waals surface area contributed by atoms with Crippen molar-refractivity contribution in [3.05, 3.63) is 82.0 Å². The first-order valence-corrected chi connectivity index (χ1v) is 11.6. The van der Waals surface area contributed by atoms with Crippen molar-refractivity contribution in [2.75, 3.05) is 10.8 Å². The Bertz CT molecular complexity index is 1170. The Morgan fingerprint density at radius 3 is 2.37 bits per heavy atom. The zero-order valence-corrected chi connectivity index (χ0v) is 17.5.